The monoisotopic (exact) mass is 502 g/mol. The van der Waals surface area contributed by atoms with Crippen LogP contribution in [-0.2, 0) is 25.8 Å². The molecule has 0 saturated carbocycles. The molecule has 21 heavy (non-hydrogen) atoms. The van der Waals surface area contributed by atoms with E-state index < -0.39 is 0 Å². The van der Waals surface area contributed by atoms with Crippen molar-refractivity contribution in [1.29, 1.82) is 0 Å². The van der Waals surface area contributed by atoms with E-state index in [1.54, 1.807) is 0 Å². The molecule has 0 N–H and O–H groups in total. The van der Waals surface area contributed by atoms with Crippen LogP contribution in [0.1, 0.15) is 19.8 Å². The normalized spacial score (nSPS) is 13.9. The van der Waals surface area contributed by atoms with Gasteiger partial charge in [0.15, 0.2) is 0 Å². The Hall–Kier alpha value is 0.190. The molecule has 2 aromatic carbocycles. The van der Waals surface area contributed by atoms with Crippen LogP contribution in [-0.4, -0.2) is 6.16 Å². The minimum Gasteiger partial charge on any atom is -1.00 e. The molecule has 1 unspecified atom stereocenters. The molecule has 0 heterocycles. The molecular formula is C17H17Cl2HfP. The summed E-state index contributed by atoms with van der Waals surface area (Å²) < 4.78 is 0. The van der Waals surface area contributed by atoms with E-state index in [2.05, 4.69) is 61.5 Å². The van der Waals surface area contributed by atoms with Crippen molar-refractivity contribution in [1.82, 2.24) is 0 Å². The first-order valence-electron chi connectivity index (χ1n) is 6.59. The third-order valence-electron chi connectivity index (χ3n) is 3.36. The molecule has 0 fully saturated rings. The van der Waals surface area contributed by atoms with E-state index in [0.717, 1.165) is 6.42 Å². The molecular weight excluding hydrogens is 485 g/mol. The summed E-state index contributed by atoms with van der Waals surface area (Å²) in [6.07, 6.45) is 11.5. The largest absolute Gasteiger partial charge is 4.00 e. The first-order chi connectivity index (χ1) is 8.90. The van der Waals surface area contributed by atoms with Crippen LogP contribution >= 0.6 is 7.92 Å². The standard InChI is InChI=1S/C17H17P.2ClH.Hf/c1-2-13-18(15-8-4-5-9-15)17-12-11-14-7-3-6-10-16(14)17;;;/h3-4,6-8,10-12H,2,5,13H2,1H3;2*1H;/q-2;;;+4/p-2. The zero-order valence-electron chi connectivity index (χ0n) is 11.9. The number of halogens is 2. The Morgan fingerprint density at radius 1 is 1.19 bits per heavy atom. The van der Waals surface area contributed by atoms with Crippen molar-refractivity contribution in [3.8, 4) is 0 Å². The Morgan fingerprint density at radius 3 is 2.62 bits per heavy atom. The predicted molar refractivity (Wildman–Crippen MR) is 81.8 cm³/mol. The Kier molecular flexibility index (Phi) is 10.1. The number of allylic oxidation sites excluding steroid dienone is 4. The second-order valence-corrected chi connectivity index (χ2v) is 6.89. The summed E-state index contributed by atoms with van der Waals surface area (Å²) in [5, 5.41) is 5.80. The molecule has 0 saturated heterocycles. The van der Waals surface area contributed by atoms with Crippen molar-refractivity contribution < 1.29 is 50.7 Å². The van der Waals surface area contributed by atoms with Crippen molar-refractivity contribution in [3.63, 3.8) is 0 Å². The molecule has 1 aliphatic rings. The topological polar surface area (TPSA) is 0 Å². The average molecular weight is 502 g/mol. The minimum absolute atomic E-state index is 0. The molecule has 0 aliphatic heterocycles. The van der Waals surface area contributed by atoms with Gasteiger partial charge < -0.3 is 24.8 Å². The van der Waals surface area contributed by atoms with E-state index in [4.69, 9.17) is 0 Å². The maximum atomic E-state index is 3.53. The van der Waals surface area contributed by atoms with Crippen LogP contribution in [0.15, 0.2) is 53.9 Å². The zero-order chi connectivity index (χ0) is 12.4. The summed E-state index contributed by atoms with van der Waals surface area (Å²) in [7, 11) is -0.201. The Balaban J connectivity index is 0.00000133. The van der Waals surface area contributed by atoms with Gasteiger partial charge in [0, 0.05) is 0 Å². The van der Waals surface area contributed by atoms with Gasteiger partial charge in [-0.15, -0.1) is 54.7 Å². The van der Waals surface area contributed by atoms with Crippen molar-refractivity contribution in [3.05, 3.63) is 59.9 Å². The summed E-state index contributed by atoms with van der Waals surface area (Å²) in [5.41, 5.74) is 0. The van der Waals surface area contributed by atoms with Gasteiger partial charge in [0.25, 0.3) is 0 Å². The molecule has 0 aromatic heterocycles. The van der Waals surface area contributed by atoms with E-state index >= 15 is 0 Å². The summed E-state index contributed by atoms with van der Waals surface area (Å²) in [6, 6.07) is 13.3. The van der Waals surface area contributed by atoms with Crippen molar-refractivity contribution in [2.45, 2.75) is 19.8 Å². The Labute approximate surface area is 159 Å². The van der Waals surface area contributed by atoms with Gasteiger partial charge in [-0.1, -0.05) is 19.4 Å². The molecule has 1 aliphatic carbocycles. The summed E-state index contributed by atoms with van der Waals surface area (Å²) in [5.74, 6) is 0. The van der Waals surface area contributed by atoms with Crippen LogP contribution in [0.3, 0.4) is 0 Å². The number of hydrogen-bond acceptors (Lipinski definition) is 0. The molecule has 1 atom stereocenters. The zero-order valence-corrected chi connectivity index (χ0v) is 17.9. The fourth-order valence-electron chi connectivity index (χ4n) is 2.54. The van der Waals surface area contributed by atoms with E-state index in [-0.39, 0.29) is 58.6 Å². The predicted octanol–water partition coefficient (Wildman–Crippen LogP) is -1.27. The number of fused-ring (bicyclic) bond motifs is 1. The van der Waals surface area contributed by atoms with Crippen LogP contribution < -0.4 is 30.1 Å². The van der Waals surface area contributed by atoms with Gasteiger partial charge in [0.05, 0.1) is 0 Å². The van der Waals surface area contributed by atoms with Gasteiger partial charge in [-0.2, -0.15) is 12.1 Å². The smallest absolute Gasteiger partial charge is 1.00 e. The molecule has 0 nitrogen and oxygen atoms in total. The van der Waals surface area contributed by atoms with Gasteiger partial charge >= 0.3 is 25.8 Å². The van der Waals surface area contributed by atoms with Crippen LogP contribution in [0.25, 0.3) is 10.8 Å². The first kappa shape index (κ1) is 21.2. The summed E-state index contributed by atoms with van der Waals surface area (Å²) >= 11 is 0. The molecule has 0 spiro atoms. The Bertz CT molecular complexity index is 616. The molecule has 2 aromatic rings. The van der Waals surface area contributed by atoms with Gasteiger partial charge in [-0.25, -0.2) is 11.4 Å². The number of rotatable bonds is 4. The number of hydrogen-bond donors (Lipinski definition) is 0. The molecule has 108 valence electrons. The second-order valence-electron chi connectivity index (χ2n) is 4.63. The van der Waals surface area contributed by atoms with Crippen molar-refractivity contribution in [2.24, 2.45) is 0 Å². The van der Waals surface area contributed by atoms with Gasteiger partial charge in [0.1, 0.15) is 0 Å². The van der Waals surface area contributed by atoms with Gasteiger partial charge in [0.2, 0.25) is 0 Å². The molecule has 4 heteroatoms. The third-order valence-corrected chi connectivity index (χ3v) is 6.12. The fourth-order valence-corrected chi connectivity index (χ4v) is 5.05. The SMILES string of the molecule is CCCP(C1=[C-]CC=C1)[c-]1ccc2ccccc21.[Cl-].[Cl-].[Hf+4]. The van der Waals surface area contributed by atoms with Crippen LogP contribution in [0.4, 0.5) is 0 Å². The molecule has 0 amide bonds. The van der Waals surface area contributed by atoms with Crippen LogP contribution in [0.5, 0.6) is 0 Å². The Morgan fingerprint density at radius 2 is 1.95 bits per heavy atom. The average Bonchev–Trinajstić information content (AvgIpc) is 3.06. The van der Waals surface area contributed by atoms with Crippen molar-refractivity contribution >= 4 is 24.0 Å². The number of benzene rings is 1. The summed E-state index contributed by atoms with van der Waals surface area (Å²) in [6.45, 7) is 2.28. The van der Waals surface area contributed by atoms with E-state index in [9.17, 15) is 0 Å². The van der Waals surface area contributed by atoms with E-state index in [1.807, 2.05) is 0 Å². The second kappa shape index (κ2) is 10.1. The maximum absolute atomic E-state index is 3.53. The van der Waals surface area contributed by atoms with E-state index in [1.165, 1.54) is 34.0 Å². The maximum Gasteiger partial charge on any atom is 4.00 e. The minimum atomic E-state index is -0.201. The van der Waals surface area contributed by atoms with Crippen molar-refractivity contribution in [2.75, 3.05) is 6.16 Å². The van der Waals surface area contributed by atoms with Gasteiger partial charge in [-0.05, 0) is 6.16 Å². The van der Waals surface area contributed by atoms with E-state index in [0.29, 0.717) is 0 Å². The molecule has 0 bridgehead atoms. The first-order valence-corrected chi connectivity index (χ1v) is 8.12. The van der Waals surface area contributed by atoms with Crippen LogP contribution in [0, 0.1) is 6.08 Å². The van der Waals surface area contributed by atoms with Crippen LogP contribution in [0.2, 0.25) is 0 Å². The summed E-state index contributed by atoms with van der Waals surface area (Å²) in [4.78, 5) is 0. The quantitative estimate of drug-likeness (QED) is 0.279. The fraction of sp³-hybridized carbons (Fsp3) is 0.235. The molecule has 3 rings (SSSR count). The third kappa shape index (κ3) is 4.58. The van der Waals surface area contributed by atoms with Gasteiger partial charge in [-0.3, -0.25) is 6.08 Å². The molecule has 0 radical (unpaired) electrons.